The second kappa shape index (κ2) is 26.5. The standard InChI is InChI=1S/3ClHO4.Co.5H2N.H2O/c3*2-1(3,4)5;;;;;;;/h3*(H,2,3,4,5);;6*1H2/q;;;+3;5*-1;/p-3. The van der Waals surface area contributed by atoms with Crippen LogP contribution < -0.4 is 55.9 Å². The zero-order valence-electron chi connectivity index (χ0n) is 9.75. The molecule has 12 N–H and O–H groups in total. The molecule has 0 aromatic carbocycles. The predicted molar refractivity (Wildman–Crippen MR) is 30.0 cm³/mol. The summed E-state index contributed by atoms with van der Waals surface area (Å²) in [6, 6.07) is 0. The van der Waals surface area contributed by atoms with Crippen molar-refractivity contribution in [3.05, 3.63) is 30.8 Å². The minimum atomic E-state index is -4.94. The van der Waals surface area contributed by atoms with E-state index in [1.165, 1.54) is 0 Å². The van der Waals surface area contributed by atoms with Gasteiger partial charge in [0.25, 0.3) is 0 Å². The van der Waals surface area contributed by atoms with Crippen LogP contribution in [0.25, 0.3) is 30.8 Å². The Morgan fingerprint density at radius 1 is 0.318 bits per heavy atom. The van der Waals surface area contributed by atoms with Crippen LogP contribution in [0.5, 0.6) is 0 Å². The normalized spacial score (nSPS) is 8.18. The molecule has 0 unspecified atom stereocenters. The Kier molecular flexibility index (Phi) is 80.0. The molecule has 0 radical (unpaired) electrons. The number of hydrogen-bond donors (Lipinski definition) is 0. The van der Waals surface area contributed by atoms with E-state index in [9.17, 15) is 0 Å². The van der Waals surface area contributed by atoms with Crippen LogP contribution in [0.4, 0.5) is 0 Å². The summed E-state index contributed by atoms with van der Waals surface area (Å²) in [6.45, 7) is 0. The summed E-state index contributed by atoms with van der Waals surface area (Å²) < 4.78 is 102. The largest absolute Gasteiger partial charge is 3.00 e. The monoisotopic (exact) mass is 454 g/mol. The van der Waals surface area contributed by atoms with Gasteiger partial charge in [-0.3, -0.25) is 0 Å². The second-order valence-electron chi connectivity index (χ2n) is 1.13. The summed E-state index contributed by atoms with van der Waals surface area (Å²) in [6.07, 6.45) is 0. The third-order valence-corrected chi connectivity index (χ3v) is 0. The molecule has 22 heavy (non-hydrogen) atoms. The molecule has 22 heteroatoms. The van der Waals surface area contributed by atoms with Crippen molar-refractivity contribution in [1.29, 1.82) is 0 Å². The van der Waals surface area contributed by atoms with E-state index < -0.39 is 30.7 Å². The molecule has 0 spiro atoms. The number of hydrogen-bond acceptors (Lipinski definition) is 12. The SMILES string of the molecule is O.[Co+3].[NH2-].[NH2-].[NH2-].[NH2-].[NH2-].[O-][Cl+3]([O-])([O-])[O-].[O-][Cl+3]([O-])([O-])[O-].[O-][Cl+3]([O-])([O-])[O-]. The van der Waals surface area contributed by atoms with Gasteiger partial charge in [-0.1, -0.05) is 0 Å². The van der Waals surface area contributed by atoms with Gasteiger partial charge in [-0.2, -0.15) is 0 Å². The van der Waals surface area contributed by atoms with E-state index in [1.807, 2.05) is 0 Å². The van der Waals surface area contributed by atoms with Crippen LogP contribution >= 0.6 is 0 Å². The summed E-state index contributed by atoms with van der Waals surface area (Å²) in [5.74, 6) is 0. The minimum absolute atomic E-state index is 0. The van der Waals surface area contributed by atoms with Gasteiger partial charge in [0.2, 0.25) is 0 Å². The first-order valence-corrected chi connectivity index (χ1v) is 5.55. The molecule has 18 nitrogen and oxygen atoms in total. The van der Waals surface area contributed by atoms with Crippen LogP contribution in [0.1, 0.15) is 0 Å². The van der Waals surface area contributed by atoms with Crippen molar-refractivity contribution in [2.24, 2.45) is 0 Å². The third kappa shape index (κ3) is 18500. The van der Waals surface area contributed by atoms with E-state index in [-0.39, 0.29) is 53.0 Å². The predicted octanol–water partition coefficient (Wildman–Crippen LogP) is -11.5. The Labute approximate surface area is 140 Å². The molecule has 0 aliphatic carbocycles. The van der Waals surface area contributed by atoms with E-state index in [4.69, 9.17) is 55.9 Å². The van der Waals surface area contributed by atoms with E-state index in [0.717, 1.165) is 0 Å². The average Bonchev–Trinajstić information content (AvgIpc) is 1.41. The summed E-state index contributed by atoms with van der Waals surface area (Å²) in [4.78, 5) is 0. The van der Waals surface area contributed by atoms with E-state index >= 15 is 0 Å². The van der Waals surface area contributed by atoms with E-state index in [2.05, 4.69) is 0 Å². The van der Waals surface area contributed by atoms with Gasteiger partial charge < -0.3 is 36.2 Å². The van der Waals surface area contributed by atoms with Crippen molar-refractivity contribution in [2.75, 3.05) is 0 Å². The summed E-state index contributed by atoms with van der Waals surface area (Å²) in [5, 5.41) is 0. The van der Waals surface area contributed by atoms with Gasteiger partial charge in [0.15, 0.2) is 0 Å². The molecule has 0 aromatic rings. The van der Waals surface area contributed by atoms with Crippen molar-refractivity contribution in [3.8, 4) is 0 Å². The van der Waals surface area contributed by atoms with E-state index in [1.54, 1.807) is 0 Å². The summed E-state index contributed by atoms with van der Waals surface area (Å²) in [5.41, 5.74) is 0. The molecular weight excluding hydrogens is 443 g/mol. The maximum absolute atomic E-state index is 8.49. The second-order valence-corrected chi connectivity index (χ2v) is 3.40. The van der Waals surface area contributed by atoms with Crippen LogP contribution in [0.2, 0.25) is 0 Å². The molecule has 0 saturated heterocycles. The van der Waals surface area contributed by atoms with Crippen LogP contribution in [-0.4, -0.2) is 5.48 Å². The number of rotatable bonds is 0. The van der Waals surface area contributed by atoms with Crippen molar-refractivity contribution in [3.63, 3.8) is 0 Å². The Bertz CT molecular complexity index is 109. The average molecular weight is 455 g/mol. The van der Waals surface area contributed by atoms with Crippen molar-refractivity contribution in [2.45, 2.75) is 0 Å². The Morgan fingerprint density at radius 2 is 0.318 bits per heavy atom. The molecule has 0 saturated carbocycles. The molecule has 0 amide bonds. The fourth-order valence-corrected chi connectivity index (χ4v) is 0. The molecule has 0 bridgehead atoms. The van der Waals surface area contributed by atoms with Crippen molar-refractivity contribution >= 4 is 0 Å². The molecule has 0 aromatic heterocycles. The summed E-state index contributed by atoms with van der Waals surface area (Å²) >= 11 is 0. The molecule has 0 aliphatic heterocycles. The molecule has 0 atom stereocenters. The van der Waals surface area contributed by atoms with Crippen molar-refractivity contribution < 1.29 is 109 Å². The van der Waals surface area contributed by atoms with Gasteiger partial charge >= 0.3 is 16.8 Å². The molecular formula is H12Cl3CoN5O13-5. The first-order chi connectivity index (χ1) is 6.00. The van der Waals surface area contributed by atoms with Crippen LogP contribution in [0.15, 0.2) is 0 Å². The van der Waals surface area contributed by atoms with Gasteiger partial charge in [0.05, 0.1) is 0 Å². The van der Waals surface area contributed by atoms with Gasteiger partial charge in [-0.15, -0.1) is 30.7 Å². The van der Waals surface area contributed by atoms with Gasteiger partial charge in [0.1, 0.15) is 0 Å². The molecule has 0 fully saturated rings. The first kappa shape index (κ1) is 66.3. The number of halogens is 3. The van der Waals surface area contributed by atoms with Crippen LogP contribution in [-0.2, 0) is 16.8 Å². The number of nitrogens with two attached hydrogens (primary N) is 5. The van der Waals surface area contributed by atoms with Crippen LogP contribution in [0, 0.1) is 30.7 Å². The maximum Gasteiger partial charge on any atom is 3.00 e. The molecule has 0 rings (SSSR count). The minimum Gasteiger partial charge on any atom is -0.693 e. The van der Waals surface area contributed by atoms with Gasteiger partial charge in [-0.25, -0.2) is 55.9 Å². The maximum atomic E-state index is 8.49. The quantitative estimate of drug-likeness (QED) is 0.328. The van der Waals surface area contributed by atoms with Crippen molar-refractivity contribution in [1.82, 2.24) is 0 Å². The Morgan fingerprint density at radius 3 is 0.318 bits per heavy atom. The molecule has 0 aliphatic rings. The van der Waals surface area contributed by atoms with E-state index in [0.29, 0.717) is 0 Å². The zero-order chi connectivity index (χ0) is 13.5. The third-order valence-electron chi connectivity index (χ3n) is 0. The fraction of sp³-hybridized carbons (Fsp3) is 0. The zero-order valence-corrected chi connectivity index (χ0v) is 13.1. The topological polar surface area (TPSA) is 476 Å². The van der Waals surface area contributed by atoms with Gasteiger partial charge in [-0.05, 0) is 0 Å². The molecule has 0 heterocycles. The molecule has 150 valence electrons. The summed E-state index contributed by atoms with van der Waals surface area (Å²) in [7, 11) is -14.8. The smallest absolute Gasteiger partial charge is 0.693 e. The Balaban J connectivity index is -0.0000000106. The van der Waals surface area contributed by atoms with Gasteiger partial charge in [0, 0.05) is 0 Å². The first-order valence-electron chi connectivity index (χ1n) is 1.85. The fourth-order valence-electron chi connectivity index (χ4n) is 0. The Hall–Kier alpha value is 0.656. The van der Waals surface area contributed by atoms with Crippen LogP contribution in [0.3, 0.4) is 0 Å².